The summed E-state index contributed by atoms with van der Waals surface area (Å²) in [6.07, 6.45) is 2.99. The first-order chi connectivity index (χ1) is 11.3. The summed E-state index contributed by atoms with van der Waals surface area (Å²) in [5.74, 6) is 0.105. The summed E-state index contributed by atoms with van der Waals surface area (Å²) in [5, 5.41) is 6.46. The maximum atomic E-state index is 12.2. The van der Waals surface area contributed by atoms with E-state index in [0.29, 0.717) is 19.6 Å². The van der Waals surface area contributed by atoms with E-state index in [1.807, 2.05) is 6.07 Å². The van der Waals surface area contributed by atoms with Crippen LogP contribution in [0, 0.1) is 0 Å². The van der Waals surface area contributed by atoms with Crippen molar-refractivity contribution < 1.29 is 9.53 Å². The SMILES string of the molecule is O=C(CC1COCCN1)NCC(c1ccccc1)N1CCCC1. The van der Waals surface area contributed by atoms with Gasteiger partial charge in [-0.2, -0.15) is 0 Å². The molecule has 2 unspecified atom stereocenters. The molecule has 1 aromatic rings. The van der Waals surface area contributed by atoms with Gasteiger partial charge in [0.05, 0.1) is 19.3 Å². The van der Waals surface area contributed by atoms with Crippen molar-refractivity contribution in [1.29, 1.82) is 0 Å². The van der Waals surface area contributed by atoms with E-state index in [0.717, 1.165) is 26.2 Å². The molecule has 2 aliphatic heterocycles. The monoisotopic (exact) mass is 317 g/mol. The number of carbonyl (C=O) groups excluding carboxylic acids is 1. The summed E-state index contributed by atoms with van der Waals surface area (Å²) in [6, 6.07) is 10.9. The van der Waals surface area contributed by atoms with Crippen LogP contribution in [0.25, 0.3) is 0 Å². The number of hydrogen-bond donors (Lipinski definition) is 2. The van der Waals surface area contributed by atoms with Gasteiger partial charge in [0.25, 0.3) is 0 Å². The van der Waals surface area contributed by atoms with Crippen LogP contribution in [0.5, 0.6) is 0 Å². The second-order valence-corrected chi connectivity index (χ2v) is 6.40. The summed E-state index contributed by atoms with van der Waals surface area (Å²) >= 11 is 0. The van der Waals surface area contributed by atoms with Gasteiger partial charge in [-0.15, -0.1) is 0 Å². The molecule has 0 aromatic heterocycles. The van der Waals surface area contributed by atoms with Crippen molar-refractivity contribution in [2.45, 2.75) is 31.3 Å². The fraction of sp³-hybridized carbons (Fsp3) is 0.611. The quantitative estimate of drug-likeness (QED) is 0.831. The Balaban J connectivity index is 1.54. The number of benzene rings is 1. The normalized spacial score (nSPS) is 23.6. The minimum Gasteiger partial charge on any atom is -0.378 e. The number of likely N-dealkylation sites (tertiary alicyclic amines) is 1. The Morgan fingerprint density at radius 3 is 2.78 bits per heavy atom. The van der Waals surface area contributed by atoms with Crippen LogP contribution in [0.15, 0.2) is 30.3 Å². The molecule has 2 aliphatic rings. The number of ether oxygens (including phenoxy) is 1. The highest BCUT2D eigenvalue weighted by molar-refractivity contribution is 5.76. The average Bonchev–Trinajstić information content (AvgIpc) is 3.11. The first kappa shape index (κ1) is 16.4. The van der Waals surface area contributed by atoms with Crippen molar-refractivity contribution in [1.82, 2.24) is 15.5 Å². The fourth-order valence-corrected chi connectivity index (χ4v) is 3.44. The molecular weight excluding hydrogens is 290 g/mol. The third-order valence-corrected chi connectivity index (χ3v) is 4.69. The molecule has 0 spiro atoms. The molecule has 2 saturated heterocycles. The highest BCUT2D eigenvalue weighted by Crippen LogP contribution is 2.24. The molecule has 5 heteroatoms. The Bertz CT molecular complexity index is 482. The second kappa shape index (κ2) is 8.43. The van der Waals surface area contributed by atoms with Crippen LogP contribution in [-0.4, -0.2) is 56.2 Å². The topological polar surface area (TPSA) is 53.6 Å². The van der Waals surface area contributed by atoms with Gasteiger partial charge in [-0.05, 0) is 31.5 Å². The molecule has 126 valence electrons. The molecule has 0 aliphatic carbocycles. The molecule has 2 N–H and O–H groups in total. The van der Waals surface area contributed by atoms with E-state index >= 15 is 0 Å². The Kier molecular flexibility index (Phi) is 6.02. The average molecular weight is 317 g/mol. The van der Waals surface area contributed by atoms with Crippen molar-refractivity contribution in [3.63, 3.8) is 0 Å². The Morgan fingerprint density at radius 2 is 2.09 bits per heavy atom. The predicted octanol–water partition coefficient (Wildman–Crippen LogP) is 1.32. The third-order valence-electron chi connectivity index (χ3n) is 4.69. The molecular formula is C18H27N3O2. The number of carbonyl (C=O) groups is 1. The van der Waals surface area contributed by atoms with Gasteiger partial charge in [0.2, 0.25) is 5.91 Å². The standard InChI is InChI=1S/C18H27N3O2/c22-18(12-16-14-23-11-8-19-16)20-13-17(21-9-4-5-10-21)15-6-2-1-3-7-15/h1-3,6-7,16-17,19H,4-5,8-14H2,(H,20,22). The zero-order valence-electron chi connectivity index (χ0n) is 13.7. The van der Waals surface area contributed by atoms with E-state index in [1.165, 1.54) is 18.4 Å². The minimum absolute atomic E-state index is 0.105. The van der Waals surface area contributed by atoms with E-state index < -0.39 is 0 Å². The lowest BCUT2D eigenvalue weighted by Crippen LogP contribution is -2.45. The highest BCUT2D eigenvalue weighted by atomic mass is 16.5. The largest absolute Gasteiger partial charge is 0.378 e. The maximum absolute atomic E-state index is 12.2. The molecule has 1 amide bonds. The van der Waals surface area contributed by atoms with Crippen LogP contribution in [0.3, 0.4) is 0 Å². The number of nitrogens with zero attached hydrogens (tertiary/aromatic N) is 1. The molecule has 2 heterocycles. The van der Waals surface area contributed by atoms with Crippen LogP contribution in [0.1, 0.15) is 30.9 Å². The number of morpholine rings is 1. The molecule has 23 heavy (non-hydrogen) atoms. The maximum Gasteiger partial charge on any atom is 0.221 e. The van der Waals surface area contributed by atoms with E-state index in [9.17, 15) is 4.79 Å². The van der Waals surface area contributed by atoms with Crippen LogP contribution < -0.4 is 10.6 Å². The molecule has 0 radical (unpaired) electrons. The summed E-state index contributed by atoms with van der Waals surface area (Å²) in [5.41, 5.74) is 1.29. The van der Waals surface area contributed by atoms with Gasteiger partial charge in [0.1, 0.15) is 0 Å². The van der Waals surface area contributed by atoms with Crippen LogP contribution in [0.4, 0.5) is 0 Å². The summed E-state index contributed by atoms with van der Waals surface area (Å²) < 4.78 is 5.41. The van der Waals surface area contributed by atoms with E-state index in [2.05, 4.69) is 39.8 Å². The molecule has 2 fully saturated rings. The Morgan fingerprint density at radius 1 is 1.30 bits per heavy atom. The molecule has 5 nitrogen and oxygen atoms in total. The lowest BCUT2D eigenvalue weighted by molar-refractivity contribution is -0.122. The van der Waals surface area contributed by atoms with Crippen molar-refractivity contribution in [3.8, 4) is 0 Å². The van der Waals surface area contributed by atoms with Gasteiger partial charge in [-0.1, -0.05) is 30.3 Å². The van der Waals surface area contributed by atoms with Gasteiger partial charge in [0, 0.05) is 25.6 Å². The van der Waals surface area contributed by atoms with E-state index in [-0.39, 0.29) is 18.0 Å². The van der Waals surface area contributed by atoms with Crippen molar-refractivity contribution >= 4 is 5.91 Å². The van der Waals surface area contributed by atoms with E-state index in [1.54, 1.807) is 0 Å². The number of amides is 1. The zero-order chi connectivity index (χ0) is 15.9. The molecule has 3 rings (SSSR count). The predicted molar refractivity (Wildman–Crippen MR) is 90.2 cm³/mol. The lowest BCUT2D eigenvalue weighted by Gasteiger charge is -2.29. The van der Waals surface area contributed by atoms with Crippen LogP contribution in [0.2, 0.25) is 0 Å². The summed E-state index contributed by atoms with van der Waals surface area (Å²) in [4.78, 5) is 14.7. The third kappa shape index (κ3) is 4.77. The van der Waals surface area contributed by atoms with Crippen molar-refractivity contribution in [2.24, 2.45) is 0 Å². The smallest absolute Gasteiger partial charge is 0.221 e. The molecule has 2 atom stereocenters. The first-order valence-electron chi connectivity index (χ1n) is 8.70. The Hall–Kier alpha value is -1.43. The summed E-state index contributed by atoms with van der Waals surface area (Å²) in [7, 11) is 0. The van der Waals surface area contributed by atoms with Crippen LogP contribution >= 0.6 is 0 Å². The Labute approximate surface area is 138 Å². The van der Waals surface area contributed by atoms with Crippen molar-refractivity contribution in [3.05, 3.63) is 35.9 Å². The zero-order valence-corrected chi connectivity index (χ0v) is 13.7. The molecule has 0 bridgehead atoms. The van der Waals surface area contributed by atoms with Crippen LogP contribution in [-0.2, 0) is 9.53 Å². The number of nitrogens with one attached hydrogen (secondary N) is 2. The first-order valence-corrected chi connectivity index (χ1v) is 8.70. The number of hydrogen-bond acceptors (Lipinski definition) is 4. The fourth-order valence-electron chi connectivity index (χ4n) is 3.44. The van der Waals surface area contributed by atoms with Gasteiger partial charge in [-0.25, -0.2) is 0 Å². The lowest BCUT2D eigenvalue weighted by atomic mass is 10.1. The van der Waals surface area contributed by atoms with E-state index in [4.69, 9.17) is 4.74 Å². The summed E-state index contributed by atoms with van der Waals surface area (Å²) in [6.45, 7) is 5.11. The second-order valence-electron chi connectivity index (χ2n) is 6.40. The minimum atomic E-state index is 0.105. The van der Waals surface area contributed by atoms with Crippen molar-refractivity contribution in [2.75, 3.05) is 39.4 Å². The van der Waals surface area contributed by atoms with Gasteiger partial charge >= 0.3 is 0 Å². The molecule has 1 aromatic carbocycles. The van der Waals surface area contributed by atoms with Gasteiger partial charge in [0.15, 0.2) is 0 Å². The molecule has 0 saturated carbocycles. The van der Waals surface area contributed by atoms with Gasteiger partial charge < -0.3 is 15.4 Å². The van der Waals surface area contributed by atoms with Gasteiger partial charge in [-0.3, -0.25) is 9.69 Å². The highest BCUT2D eigenvalue weighted by Gasteiger charge is 2.24. The number of rotatable bonds is 6.